The maximum Gasteiger partial charge on any atom is 0.310 e. The summed E-state index contributed by atoms with van der Waals surface area (Å²) in [7, 11) is 1.41. The normalized spacial score (nSPS) is 17.9. The Balaban J connectivity index is 2.72. The molecule has 1 saturated carbocycles. The molecule has 4 heteroatoms. The van der Waals surface area contributed by atoms with E-state index in [1.807, 2.05) is 11.8 Å². The van der Waals surface area contributed by atoms with Gasteiger partial charge in [0.05, 0.1) is 13.0 Å². The van der Waals surface area contributed by atoms with Crippen LogP contribution >= 0.6 is 0 Å². The second-order valence-corrected chi connectivity index (χ2v) is 6.22. The van der Waals surface area contributed by atoms with Crippen LogP contribution in [0.3, 0.4) is 0 Å². The van der Waals surface area contributed by atoms with Crippen LogP contribution in [0.4, 0.5) is 0 Å². The van der Waals surface area contributed by atoms with Gasteiger partial charge in [0.25, 0.3) is 0 Å². The molecule has 0 spiro atoms. The van der Waals surface area contributed by atoms with Gasteiger partial charge in [-0.1, -0.05) is 46.0 Å². The lowest BCUT2D eigenvalue weighted by Gasteiger charge is -2.33. The highest BCUT2D eigenvalue weighted by atomic mass is 16.5. The number of nitrogens with zero attached hydrogens (tertiary/aromatic N) is 1. The predicted octanol–water partition coefficient (Wildman–Crippen LogP) is 3.54. The number of unbranched alkanes of at least 4 members (excludes halogenated alkanes) is 1. The van der Waals surface area contributed by atoms with Crippen LogP contribution in [0.2, 0.25) is 0 Å². The van der Waals surface area contributed by atoms with Crippen LogP contribution in [0, 0.1) is 5.92 Å². The second kappa shape index (κ2) is 9.80. The Morgan fingerprint density at radius 2 is 1.81 bits per heavy atom. The maximum absolute atomic E-state index is 12.5. The van der Waals surface area contributed by atoms with E-state index < -0.39 is 0 Å². The summed E-state index contributed by atoms with van der Waals surface area (Å²) in [6.07, 6.45) is 9.60. The number of hydrogen-bond acceptors (Lipinski definition) is 3. The van der Waals surface area contributed by atoms with Crippen molar-refractivity contribution in [1.29, 1.82) is 0 Å². The molecule has 0 saturated heterocycles. The predicted molar refractivity (Wildman–Crippen MR) is 83.9 cm³/mol. The van der Waals surface area contributed by atoms with Gasteiger partial charge in [0, 0.05) is 19.0 Å². The summed E-state index contributed by atoms with van der Waals surface area (Å²) in [5.74, 6) is -0.264. The molecule has 21 heavy (non-hydrogen) atoms. The summed E-state index contributed by atoms with van der Waals surface area (Å²) in [5, 5.41) is 0. The second-order valence-electron chi connectivity index (χ2n) is 6.22. The molecule has 0 N–H and O–H groups in total. The van der Waals surface area contributed by atoms with E-state index in [2.05, 4.69) is 6.92 Å². The van der Waals surface area contributed by atoms with Gasteiger partial charge in [0.15, 0.2) is 0 Å². The molecule has 0 aromatic rings. The van der Waals surface area contributed by atoms with Crippen LogP contribution in [-0.4, -0.2) is 36.5 Å². The molecule has 1 amide bonds. The summed E-state index contributed by atoms with van der Waals surface area (Å²) in [6, 6.07) is 0.309. The molecule has 1 atom stereocenters. The molecule has 1 rings (SSSR count). The summed E-state index contributed by atoms with van der Waals surface area (Å²) in [6.45, 7) is 4.45. The first kappa shape index (κ1) is 18.0. The van der Waals surface area contributed by atoms with Gasteiger partial charge in [-0.15, -0.1) is 0 Å². The van der Waals surface area contributed by atoms with Crippen LogP contribution in [0.5, 0.6) is 0 Å². The Morgan fingerprint density at radius 1 is 1.19 bits per heavy atom. The Kier molecular flexibility index (Phi) is 8.40. The first-order valence-corrected chi connectivity index (χ1v) is 8.47. The van der Waals surface area contributed by atoms with Gasteiger partial charge >= 0.3 is 5.97 Å². The van der Waals surface area contributed by atoms with E-state index >= 15 is 0 Å². The lowest BCUT2D eigenvalue weighted by atomic mass is 10.0. The molecule has 1 fully saturated rings. The Morgan fingerprint density at radius 3 is 2.33 bits per heavy atom. The number of esters is 1. The van der Waals surface area contributed by atoms with Crippen molar-refractivity contribution >= 4 is 11.9 Å². The van der Waals surface area contributed by atoms with Crippen LogP contribution in [0.25, 0.3) is 0 Å². The zero-order chi connectivity index (χ0) is 15.7. The molecule has 0 heterocycles. The summed E-state index contributed by atoms with van der Waals surface area (Å²) in [5.41, 5.74) is 0. The highest BCUT2D eigenvalue weighted by molar-refractivity contribution is 5.78. The average molecular weight is 297 g/mol. The maximum atomic E-state index is 12.5. The lowest BCUT2D eigenvalue weighted by Crippen LogP contribution is -2.44. The molecule has 1 aliphatic rings. The number of carbonyl (C=O) groups is 2. The summed E-state index contributed by atoms with van der Waals surface area (Å²) >= 11 is 0. The SMILES string of the molecule is CCCCC(=O)N(CC(C)C(=O)OC)C1CCCCCC1. The van der Waals surface area contributed by atoms with Crippen LogP contribution < -0.4 is 0 Å². The lowest BCUT2D eigenvalue weighted by molar-refractivity contribution is -0.147. The number of methoxy groups -OCH3 is 1. The molecule has 0 aromatic heterocycles. The molecule has 0 bridgehead atoms. The van der Waals surface area contributed by atoms with Crippen LogP contribution in [-0.2, 0) is 14.3 Å². The van der Waals surface area contributed by atoms with Crippen molar-refractivity contribution in [2.45, 2.75) is 77.7 Å². The third kappa shape index (κ3) is 6.06. The van der Waals surface area contributed by atoms with Gasteiger partial charge in [-0.3, -0.25) is 9.59 Å². The summed E-state index contributed by atoms with van der Waals surface area (Å²) < 4.78 is 4.81. The van der Waals surface area contributed by atoms with Crippen LogP contribution in [0.15, 0.2) is 0 Å². The molecule has 0 radical (unpaired) electrons. The Bertz CT molecular complexity index is 322. The molecular weight excluding hydrogens is 266 g/mol. The molecule has 122 valence electrons. The third-order valence-electron chi connectivity index (χ3n) is 4.40. The smallest absolute Gasteiger partial charge is 0.310 e. The third-order valence-corrected chi connectivity index (χ3v) is 4.40. The minimum absolute atomic E-state index is 0.208. The van der Waals surface area contributed by atoms with Crippen molar-refractivity contribution in [1.82, 2.24) is 4.90 Å². The van der Waals surface area contributed by atoms with E-state index in [1.54, 1.807) is 0 Å². The zero-order valence-electron chi connectivity index (χ0n) is 13.9. The highest BCUT2D eigenvalue weighted by Crippen LogP contribution is 2.24. The van der Waals surface area contributed by atoms with E-state index in [0.29, 0.717) is 19.0 Å². The van der Waals surface area contributed by atoms with E-state index in [1.165, 1.54) is 32.8 Å². The quantitative estimate of drug-likeness (QED) is 0.533. The van der Waals surface area contributed by atoms with Crippen molar-refractivity contribution in [3.63, 3.8) is 0 Å². The number of hydrogen-bond donors (Lipinski definition) is 0. The molecule has 0 aromatic carbocycles. The topological polar surface area (TPSA) is 46.6 Å². The Labute approximate surface area is 129 Å². The van der Waals surface area contributed by atoms with Gasteiger partial charge in [-0.25, -0.2) is 0 Å². The molecule has 1 aliphatic carbocycles. The molecule has 0 aliphatic heterocycles. The van der Waals surface area contributed by atoms with Gasteiger partial charge < -0.3 is 9.64 Å². The molecule has 1 unspecified atom stereocenters. The zero-order valence-corrected chi connectivity index (χ0v) is 13.9. The van der Waals surface area contributed by atoms with Crippen LogP contribution in [0.1, 0.15) is 71.6 Å². The summed E-state index contributed by atoms with van der Waals surface area (Å²) in [4.78, 5) is 26.2. The first-order valence-electron chi connectivity index (χ1n) is 8.47. The van der Waals surface area contributed by atoms with Gasteiger partial charge in [-0.2, -0.15) is 0 Å². The van der Waals surface area contributed by atoms with E-state index in [4.69, 9.17) is 4.74 Å². The van der Waals surface area contributed by atoms with E-state index in [0.717, 1.165) is 25.7 Å². The van der Waals surface area contributed by atoms with Crippen molar-refractivity contribution in [2.75, 3.05) is 13.7 Å². The Hall–Kier alpha value is -1.06. The number of rotatable bonds is 7. The molecule has 4 nitrogen and oxygen atoms in total. The fraction of sp³-hybridized carbons (Fsp3) is 0.882. The van der Waals surface area contributed by atoms with Gasteiger partial charge in [0.2, 0.25) is 5.91 Å². The largest absolute Gasteiger partial charge is 0.469 e. The first-order chi connectivity index (χ1) is 10.1. The fourth-order valence-electron chi connectivity index (χ4n) is 3.07. The van der Waals surface area contributed by atoms with E-state index in [-0.39, 0.29) is 17.8 Å². The van der Waals surface area contributed by atoms with Gasteiger partial charge in [0.1, 0.15) is 0 Å². The number of carbonyl (C=O) groups excluding carboxylic acids is 2. The number of amides is 1. The monoisotopic (exact) mass is 297 g/mol. The fourth-order valence-corrected chi connectivity index (χ4v) is 3.07. The minimum atomic E-state index is -0.246. The van der Waals surface area contributed by atoms with Crippen molar-refractivity contribution in [2.24, 2.45) is 5.92 Å². The molecular formula is C17H31NO3. The van der Waals surface area contributed by atoms with Gasteiger partial charge in [-0.05, 0) is 19.3 Å². The van der Waals surface area contributed by atoms with Crippen molar-refractivity contribution in [3.05, 3.63) is 0 Å². The van der Waals surface area contributed by atoms with Crippen molar-refractivity contribution < 1.29 is 14.3 Å². The standard InChI is InChI=1S/C17H31NO3/c1-4-5-12-16(19)18(13-14(2)17(20)21-3)15-10-8-6-7-9-11-15/h14-15H,4-13H2,1-3H3. The minimum Gasteiger partial charge on any atom is -0.469 e. The number of ether oxygens (including phenoxy) is 1. The van der Waals surface area contributed by atoms with E-state index in [9.17, 15) is 9.59 Å². The highest BCUT2D eigenvalue weighted by Gasteiger charge is 2.27. The van der Waals surface area contributed by atoms with Crippen molar-refractivity contribution in [3.8, 4) is 0 Å². The average Bonchev–Trinajstić information content (AvgIpc) is 2.78.